The highest BCUT2D eigenvalue weighted by atomic mass is 19.1. The van der Waals surface area contributed by atoms with Gasteiger partial charge < -0.3 is 10.2 Å². The monoisotopic (exact) mass is 271 g/mol. The standard InChI is InChI=1S/C16H18FN3/c1-12(15-7-6-14(17)11-19-15)20-9-8-18-10-13-4-2-3-5-16(13)20/h2-7,11-12,18H,8-10H2,1H3. The van der Waals surface area contributed by atoms with Crippen LogP contribution in [0, 0.1) is 5.82 Å². The van der Waals surface area contributed by atoms with Crippen molar-refractivity contribution in [3.63, 3.8) is 0 Å². The molecule has 4 heteroatoms. The quantitative estimate of drug-likeness (QED) is 0.910. The lowest BCUT2D eigenvalue weighted by molar-refractivity contribution is 0.603. The highest BCUT2D eigenvalue weighted by Crippen LogP contribution is 2.29. The Bertz CT molecular complexity index is 583. The van der Waals surface area contributed by atoms with E-state index in [1.165, 1.54) is 23.5 Å². The Morgan fingerprint density at radius 3 is 2.90 bits per heavy atom. The first kappa shape index (κ1) is 13.1. The number of rotatable bonds is 2. The van der Waals surface area contributed by atoms with Gasteiger partial charge in [-0.25, -0.2) is 4.39 Å². The summed E-state index contributed by atoms with van der Waals surface area (Å²) >= 11 is 0. The SMILES string of the molecule is CC(c1ccc(F)cn1)N1CCNCc2ccccc21. The van der Waals surface area contributed by atoms with Gasteiger partial charge in [-0.1, -0.05) is 18.2 Å². The van der Waals surface area contributed by atoms with Crippen LogP contribution in [0.15, 0.2) is 42.6 Å². The molecule has 0 bridgehead atoms. The highest BCUT2D eigenvalue weighted by molar-refractivity contribution is 5.55. The van der Waals surface area contributed by atoms with E-state index in [9.17, 15) is 4.39 Å². The van der Waals surface area contributed by atoms with Crippen LogP contribution in [0.3, 0.4) is 0 Å². The van der Waals surface area contributed by atoms with Crippen LogP contribution in [-0.4, -0.2) is 18.1 Å². The lowest BCUT2D eigenvalue weighted by atomic mass is 10.1. The van der Waals surface area contributed by atoms with E-state index in [1.54, 1.807) is 6.07 Å². The summed E-state index contributed by atoms with van der Waals surface area (Å²) in [6.07, 6.45) is 1.29. The Morgan fingerprint density at radius 1 is 1.25 bits per heavy atom. The van der Waals surface area contributed by atoms with Crippen molar-refractivity contribution >= 4 is 5.69 Å². The first-order valence-electron chi connectivity index (χ1n) is 6.92. The zero-order valence-electron chi connectivity index (χ0n) is 11.5. The average molecular weight is 271 g/mol. The van der Waals surface area contributed by atoms with Gasteiger partial charge in [0.15, 0.2) is 0 Å². The summed E-state index contributed by atoms with van der Waals surface area (Å²) in [5.74, 6) is -0.293. The maximum Gasteiger partial charge on any atom is 0.141 e. The van der Waals surface area contributed by atoms with Gasteiger partial charge in [-0.2, -0.15) is 0 Å². The Morgan fingerprint density at radius 2 is 2.10 bits per heavy atom. The van der Waals surface area contributed by atoms with Crippen LogP contribution in [0.2, 0.25) is 0 Å². The third kappa shape index (κ3) is 2.51. The number of nitrogens with one attached hydrogen (secondary N) is 1. The number of nitrogens with zero attached hydrogens (tertiary/aromatic N) is 2. The van der Waals surface area contributed by atoms with E-state index in [0.717, 1.165) is 25.3 Å². The molecule has 1 atom stereocenters. The predicted molar refractivity (Wildman–Crippen MR) is 78.1 cm³/mol. The number of para-hydroxylation sites is 1. The van der Waals surface area contributed by atoms with Crippen molar-refractivity contribution in [2.75, 3.05) is 18.0 Å². The van der Waals surface area contributed by atoms with E-state index in [1.807, 2.05) is 0 Å². The first-order valence-corrected chi connectivity index (χ1v) is 6.92. The molecule has 3 nitrogen and oxygen atoms in total. The molecule has 0 amide bonds. The molecular formula is C16H18FN3. The Labute approximate surface area is 118 Å². The topological polar surface area (TPSA) is 28.2 Å². The molecule has 104 valence electrons. The van der Waals surface area contributed by atoms with Crippen molar-refractivity contribution in [3.8, 4) is 0 Å². The van der Waals surface area contributed by atoms with Crippen LogP contribution in [0.4, 0.5) is 10.1 Å². The molecule has 1 aliphatic heterocycles. The molecule has 0 spiro atoms. The number of benzene rings is 1. The molecule has 2 aromatic rings. The number of anilines is 1. The second-order valence-corrected chi connectivity index (χ2v) is 5.08. The smallest absolute Gasteiger partial charge is 0.141 e. The van der Waals surface area contributed by atoms with Crippen LogP contribution in [0.5, 0.6) is 0 Å². The van der Waals surface area contributed by atoms with Crippen molar-refractivity contribution in [2.24, 2.45) is 0 Å². The summed E-state index contributed by atoms with van der Waals surface area (Å²) < 4.78 is 13.0. The minimum atomic E-state index is -0.293. The molecule has 0 aliphatic carbocycles. The van der Waals surface area contributed by atoms with Crippen molar-refractivity contribution < 1.29 is 4.39 Å². The first-order chi connectivity index (χ1) is 9.75. The van der Waals surface area contributed by atoms with Crippen LogP contribution in [0.1, 0.15) is 24.2 Å². The summed E-state index contributed by atoms with van der Waals surface area (Å²) in [6, 6.07) is 11.8. The summed E-state index contributed by atoms with van der Waals surface area (Å²) in [7, 11) is 0. The van der Waals surface area contributed by atoms with Crippen LogP contribution in [-0.2, 0) is 6.54 Å². The third-order valence-corrected chi connectivity index (χ3v) is 3.79. The zero-order valence-corrected chi connectivity index (χ0v) is 11.5. The number of aromatic nitrogens is 1. The van der Waals surface area contributed by atoms with Gasteiger partial charge in [-0.3, -0.25) is 4.98 Å². The van der Waals surface area contributed by atoms with Crippen molar-refractivity contribution in [1.29, 1.82) is 0 Å². The van der Waals surface area contributed by atoms with Gasteiger partial charge in [-0.15, -0.1) is 0 Å². The van der Waals surface area contributed by atoms with Gasteiger partial charge in [0.1, 0.15) is 5.82 Å². The fourth-order valence-electron chi connectivity index (χ4n) is 2.68. The molecule has 0 fully saturated rings. The van der Waals surface area contributed by atoms with Crippen molar-refractivity contribution in [2.45, 2.75) is 19.5 Å². The maximum absolute atomic E-state index is 13.0. The molecule has 0 saturated heterocycles. The maximum atomic E-state index is 13.0. The van der Waals surface area contributed by atoms with E-state index in [-0.39, 0.29) is 11.9 Å². The van der Waals surface area contributed by atoms with Crippen LogP contribution in [0.25, 0.3) is 0 Å². The molecule has 3 rings (SSSR count). The molecule has 1 aliphatic rings. The van der Waals surface area contributed by atoms with E-state index >= 15 is 0 Å². The lowest BCUT2D eigenvalue weighted by Gasteiger charge is -2.30. The van der Waals surface area contributed by atoms with Crippen molar-refractivity contribution in [1.82, 2.24) is 10.3 Å². The van der Waals surface area contributed by atoms with Gasteiger partial charge in [0.05, 0.1) is 17.9 Å². The molecule has 0 radical (unpaired) electrons. The third-order valence-electron chi connectivity index (χ3n) is 3.79. The second-order valence-electron chi connectivity index (χ2n) is 5.08. The predicted octanol–water partition coefficient (Wildman–Crippen LogP) is 2.89. The minimum absolute atomic E-state index is 0.122. The summed E-state index contributed by atoms with van der Waals surface area (Å²) in [5, 5.41) is 3.43. The number of pyridine rings is 1. The molecule has 20 heavy (non-hydrogen) atoms. The molecular weight excluding hydrogens is 253 g/mol. The number of fused-ring (bicyclic) bond motifs is 1. The Kier molecular flexibility index (Phi) is 3.65. The van der Waals surface area contributed by atoms with E-state index in [2.05, 4.69) is 46.4 Å². The lowest BCUT2D eigenvalue weighted by Crippen LogP contribution is -2.31. The van der Waals surface area contributed by atoms with E-state index in [4.69, 9.17) is 0 Å². The molecule has 1 aromatic carbocycles. The Balaban J connectivity index is 1.94. The highest BCUT2D eigenvalue weighted by Gasteiger charge is 2.21. The Hall–Kier alpha value is -1.94. The van der Waals surface area contributed by atoms with Gasteiger partial charge in [0.25, 0.3) is 0 Å². The van der Waals surface area contributed by atoms with Crippen LogP contribution >= 0.6 is 0 Å². The average Bonchev–Trinajstić information content (AvgIpc) is 2.69. The number of hydrogen-bond acceptors (Lipinski definition) is 3. The fourth-order valence-corrected chi connectivity index (χ4v) is 2.68. The molecule has 0 saturated carbocycles. The van der Waals surface area contributed by atoms with Gasteiger partial charge in [0, 0.05) is 25.3 Å². The molecule has 1 aromatic heterocycles. The zero-order chi connectivity index (χ0) is 13.9. The second kappa shape index (κ2) is 5.59. The molecule has 2 heterocycles. The molecule has 1 N–H and O–H groups in total. The van der Waals surface area contributed by atoms with Crippen LogP contribution < -0.4 is 10.2 Å². The summed E-state index contributed by atoms with van der Waals surface area (Å²) in [4.78, 5) is 6.55. The summed E-state index contributed by atoms with van der Waals surface area (Å²) in [5.41, 5.74) is 3.41. The molecule has 1 unspecified atom stereocenters. The normalized spacial score (nSPS) is 16.4. The summed E-state index contributed by atoms with van der Waals surface area (Å²) in [6.45, 7) is 4.84. The minimum Gasteiger partial charge on any atom is -0.362 e. The number of halogens is 1. The van der Waals surface area contributed by atoms with Gasteiger partial charge in [0.2, 0.25) is 0 Å². The van der Waals surface area contributed by atoms with Gasteiger partial charge >= 0.3 is 0 Å². The van der Waals surface area contributed by atoms with E-state index in [0.29, 0.717) is 0 Å². The van der Waals surface area contributed by atoms with E-state index < -0.39 is 0 Å². The largest absolute Gasteiger partial charge is 0.362 e. The fraction of sp³-hybridized carbons (Fsp3) is 0.312. The van der Waals surface area contributed by atoms with Gasteiger partial charge in [-0.05, 0) is 30.7 Å². The van der Waals surface area contributed by atoms with Crippen molar-refractivity contribution in [3.05, 3.63) is 59.7 Å². The number of hydrogen-bond donors (Lipinski definition) is 1.